The summed E-state index contributed by atoms with van der Waals surface area (Å²) in [5, 5.41) is 20.7. The SMILES string of the molecule is Cc1nc2c([N+](=O)[O-])c(Oc3ccc(C(C)C(=O)O)cc3Cl)ccc2[nH]1. The van der Waals surface area contributed by atoms with Gasteiger partial charge in [-0.05, 0) is 43.7 Å². The van der Waals surface area contributed by atoms with E-state index in [0.717, 1.165) is 0 Å². The molecule has 0 aliphatic carbocycles. The maximum atomic E-state index is 11.5. The molecule has 0 spiro atoms. The summed E-state index contributed by atoms with van der Waals surface area (Å²) >= 11 is 6.17. The molecule has 3 rings (SSSR count). The van der Waals surface area contributed by atoms with Crippen LogP contribution >= 0.6 is 11.6 Å². The number of H-pyrrole nitrogens is 1. The summed E-state index contributed by atoms with van der Waals surface area (Å²) in [5.74, 6) is -0.994. The van der Waals surface area contributed by atoms with Crippen molar-refractivity contribution in [3.8, 4) is 11.5 Å². The molecule has 8 nitrogen and oxygen atoms in total. The second-order valence-electron chi connectivity index (χ2n) is 5.74. The number of nitro benzene ring substituents is 1. The van der Waals surface area contributed by atoms with E-state index in [-0.39, 0.29) is 27.7 Å². The summed E-state index contributed by atoms with van der Waals surface area (Å²) in [6.45, 7) is 3.23. The zero-order valence-electron chi connectivity index (χ0n) is 13.8. The van der Waals surface area contributed by atoms with E-state index in [2.05, 4.69) is 9.97 Å². The number of ether oxygens (including phenoxy) is 1. The molecule has 0 aliphatic heterocycles. The summed E-state index contributed by atoms with van der Waals surface area (Å²) in [6.07, 6.45) is 0. The molecule has 0 aliphatic rings. The van der Waals surface area contributed by atoms with Crippen molar-refractivity contribution in [1.29, 1.82) is 0 Å². The summed E-state index contributed by atoms with van der Waals surface area (Å²) in [5.41, 5.74) is 0.948. The van der Waals surface area contributed by atoms with Gasteiger partial charge in [-0.2, -0.15) is 0 Å². The number of aliphatic carboxylic acids is 1. The Morgan fingerprint density at radius 1 is 1.35 bits per heavy atom. The lowest BCUT2D eigenvalue weighted by Crippen LogP contribution is -2.07. The van der Waals surface area contributed by atoms with Gasteiger partial charge in [0.25, 0.3) is 0 Å². The monoisotopic (exact) mass is 375 g/mol. The summed E-state index contributed by atoms with van der Waals surface area (Å²) < 4.78 is 5.64. The number of halogens is 1. The van der Waals surface area contributed by atoms with Gasteiger partial charge in [0.05, 0.1) is 21.4 Å². The van der Waals surface area contributed by atoms with Crippen LogP contribution in [0.3, 0.4) is 0 Å². The molecule has 2 N–H and O–H groups in total. The molecular formula is C17H14ClN3O5. The third-order valence-corrected chi connectivity index (χ3v) is 4.23. The molecule has 0 bridgehead atoms. The maximum absolute atomic E-state index is 11.5. The number of aryl methyl sites for hydroxylation is 1. The number of nitro groups is 1. The number of fused-ring (bicyclic) bond motifs is 1. The van der Waals surface area contributed by atoms with Crippen molar-refractivity contribution in [3.63, 3.8) is 0 Å². The largest absolute Gasteiger partial charge is 0.481 e. The van der Waals surface area contributed by atoms with E-state index < -0.39 is 16.8 Å². The number of carbonyl (C=O) groups is 1. The summed E-state index contributed by atoms with van der Waals surface area (Å²) in [6, 6.07) is 7.61. The lowest BCUT2D eigenvalue weighted by atomic mass is 10.0. The molecule has 1 unspecified atom stereocenters. The van der Waals surface area contributed by atoms with E-state index in [1.165, 1.54) is 25.1 Å². The van der Waals surface area contributed by atoms with Crippen molar-refractivity contribution < 1.29 is 19.6 Å². The molecule has 2 aromatic carbocycles. The zero-order chi connectivity index (χ0) is 19.0. The molecule has 1 atom stereocenters. The van der Waals surface area contributed by atoms with Gasteiger partial charge in [-0.25, -0.2) is 4.98 Å². The Morgan fingerprint density at radius 3 is 2.65 bits per heavy atom. The number of nitrogens with zero attached hydrogens (tertiary/aromatic N) is 2. The second kappa shape index (κ2) is 6.64. The van der Waals surface area contributed by atoms with Gasteiger partial charge in [0, 0.05) is 0 Å². The van der Waals surface area contributed by atoms with E-state index in [4.69, 9.17) is 21.4 Å². The molecule has 3 aromatic rings. The molecule has 0 saturated carbocycles. The van der Waals surface area contributed by atoms with Crippen molar-refractivity contribution in [1.82, 2.24) is 9.97 Å². The van der Waals surface area contributed by atoms with Crippen LogP contribution in [0, 0.1) is 17.0 Å². The fraction of sp³-hybridized carbons (Fsp3) is 0.176. The number of carboxylic acid groups (broad SMARTS) is 1. The Balaban J connectivity index is 2.02. The predicted molar refractivity (Wildman–Crippen MR) is 95.1 cm³/mol. The average molecular weight is 376 g/mol. The van der Waals surface area contributed by atoms with Gasteiger partial charge in [-0.15, -0.1) is 0 Å². The fourth-order valence-corrected chi connectivity index (χ4v) is 2.78. The normalized spacial score (nSPS) is 12.1. The topological polar surface area (TPSA) is 118 Å². The number of aromatic amines is 1. The van der Waals surface area contributed by atoms with Gasteiger partial charge in [0.2, 0.25) is 5.75 Å². The van der Waals surface area contributed by atoms with Crippen molar-refractivity contribution in [2.75, 3.05) is 0 Å². The van der Waals surface area contributed by atoms with Crippen LogP contribution in [0.1, 0.15) is 24.2 Å². The lowest BCUT2D eigenvalue weighted by molar-refractivity contribution is -0.384. The van der Waals surface area contributed by atoms with Gasteiger partial charge >= 0.3 is 11.7 Å². The highest BCUT2D eigenvalue weighted by Crippen LogP contribution is 2.39. The Hall–Kier alpha value is -3.13. The standard InChI is InChI=1S/C17H14ClN3O5/c1-8(17(22)23)10-3-5-13(11(18)7-10)26-14-6-4-12-15(16(14)21(24)25)20-9(2)19-12/h3-8H,1-2H3,(H,19,20)(H,22,23). The average Bonchev–Trinajstić information content (AvgIpc) is 2.95. The highest BCUT2D eigenvalue weighted by atomic mass is 35.5. The summed E-state index contributed by atoms with van der Waals surface area (Å²) in [4.78, 5) is 29.1. The minimum absolute atomic E-state index is 0.00469. The first-order valence-corrected chi connectivity index (χ1v) is 7.99. The molecule has 134 valence electrons. The minimum Gasteiger partial charge on any atom is -0.481 e. The Morgan fingerprint density at radius 2 is 2.04 bits per heavy atom. The van der Waals surface area contributed by atoms with E-state index in [1.54, 1.807) is 19.1 Å². The highest BCUT2D eigenvalue weighted by molar-refractivity contribution is 6.32. The quantitative estimate of drug-likeness (QED) is 0.503. The third kappa shape index (κ3) is 3.18. The Bertz CT molecular complexity index is 1030. The molecule has 0 saturated heterocycles. The minimum atomic E-state index is -0.982. The van der Waals surface area contributed by atoms with Crippen LogP contribution in [-0.4, -0.2) is 26.0 Å². The molecular weight excluding hydrogens is 362 g/mol. The van der Waals surface area contributed by atoms with Gasteiger partial charge in [-0.1, -0.05) is 17.7 Å². The van der Waals surface area contributed by atoms with Crippen LogP contribution in [0.4, 0.5) is 5.69 Å². The number of rotatable bonds is 5. The molecule has 26 heavy (non-hydrogen) atoms. The molecule has 1 aromatic heterocycles. The zero-order valence-corrected chi connectivity index (χ0v) is 14.6. The lowest BCUT2D eigenvalue weighted by Gasteiger charge is -2.11. The first-order valence-electron chi connectivity index (χ1n) is 7.61. The third-order valence-electron chi connectivity index (χ3n) is 3.94. The van der Waals surface area contributed by atoms with Gasteiger partial charge in [0.1, 0.15) is 11.6 Å². The fourth-order valence-electron chi connectivity index (χ4n) is 2.55. The molecule has 0 fully saturated rings. The summed E-state index contributed by atoms with van der Waals surface area (Å²) in [7, 11) is 0. The van der Waals surface area contributed by atoms with Crippen LogP contribution < -0.4 is 4.74 Å². The van der Waals surface area contributed by atoms with Crippen molar-refractivity contribution in [2.45, 2.75) is 19.8 Å². The van der Waals surface area contributed by atoms with Crippen LogP contribution in [0.5, 0.6) is 11.5 Å². The van der Waals surface area contributed by atoms with E-state index in [1.807, 2.05) is 0 Å². The number of carboxylic acids is 1. The van der Waals surface area contributed by atoms with Crippen LogP contribution in [-0.2, 0) is 4.79 Å². The van der Waals surface area contributed by atoms with Gasteiger partial charge in [-0.3, -0.25) is 14.9 Å². The predicted octanol–water partition coefficient (Wildman–Crippen LogP) is 4.41. The van der Waals surface area contributed by atoms with Crippen LogP contribution in [0.25, 0.3) is 11.0 Å². The Kier molecular flexibility index (Phi) is 4.52. The second-order valence-corrected chi connectivity index (χ2v) is 6.15. The number of nitrogens with one attached hydrogen (secondary N) is 1. The highest BCUT2D eigenvalue weighted by Gasteiger charge is 2.24. The first-order chi connectivity index (χ1) is 12.3. The number of hydrogen-bond donors (Lipinski definition) is 2. The Labute approximate surface area is 152 Å². The van der Waals surface area contributed by atoms with Gasteiger partial charge < -0.3 is 14.8 Å². The number of hydrogen-bond acceptors (Lipinski definition) is 5. The smallest absolute Gasteiger partial charge is 0.339 e. The van der Waals surface area contributed by atoms with E-state index in [9.17, 15) is 14.9 Å². The molecule has 0 amide bonds. The molecule has 9 heteroatoms. The van der Waals surface area contributed by atoms with Crippen molar-refractivity contribution >= 4 is 34.3 Å². The van der Waals surface area contributed by atoms with E-state index >= 15 is 0 Å². The maximum Gasteiger partial charge on any atom is 0.339 e. The molecule has 0 radical (unpaired) electrons. The number of benzene rings is 2. The van der Waals surface area contributed by atoms with Crippen molar-refractivity contribution in [2.24, 2.45) is 0 Å². The van der Waals surface area contributed by atoms with E-state index in [0.29, 0.717) is 16.9 Å². The van der Waals surface area contributed by atoms with Crippen LogP contribution in [0.15, 0.2) is 30.3 Å². The molecule has 1 heterocycles. The first kappa shape index (κ1) is 17.7. The number of imidazole rings is 1. The van der Waals surface area contributed by atoms with Crippen molar-refractivity contribution in [3.05, 3.63) is 56.9 Å². The van der Waals surface area contributed by atoms with Crippen LogP contribution in [0.2, 0.25) is 5.02 Å². The van der Waals surface area contributed by atoms with Gasteiger partial charge in [0.15, 0.2) is 5.52 Å². The number of aromatic nitrogens is 2.